The number of aromatic nitrogens is 3. The predicted octanol–water partition coefficient (Wildman–Crippen LogP) is 2.10. The number of thioether (sulfide) groups is 1. The minimum Gasteiger partial charge on any atom is -0.354 e. The van der Waals surface area contributed by atoms with E-state index >= 15 is 0 Å². The first-order valence-electron chi connectivity index (χ1n) is 10.5. The summed E-state index contributed by atoms with van der Waals surface area (Å²) in [6.45, 7) is 8.62. The molecule has 1 saturated heterocycles. The van der Waals surface area contributed by atoms with Gasteiger partial charge in [-0.1, -0.05) is 6.08 Å². The first-order valence-corrected chi connectivity index (χ1v) is 11.6. The van der Waals surface area contributed by atoms with Gasteiger partial charge in [0.25, 0.3) is 0 Å². The molecular formula is C20H34IN7OS. The number of aryl methyl sites for hydroxylation is 1. The molecule has 1 aliphatic carbocycles. The maximum absolute atomic E-state index is 12.8. The van der Waals surface area contributed by atoms with Crippen LogP contribution in [0, 0.1) is 12.8 Å². The standard InChI is InChI=1S/C20H33N7OS.HI/c1-4-9-21-20(22-14-18-25-24-15(2)26(18)3)23-17-7-5-16(6-8-17)19(28)27-10-12-29-13-11-27;/h4,16-17H,1,5-14H2,2-3H3,(H2,21,22,23);1H. The van der Waals surface area contributed by atoms with Gasteiger partial charge in [-0.3, -0.25) is 4.79 Å². The zero-order valence-corrected chi connectivity index (χ0v) is 21.1. The maximum Gasteiger partial charge on any atom is 0.225 e. The van der Waals surface area contributed by atoms with Crippen LogP contribution in [-0.4, -0.2) is 68.7 Å². The second kappa shape index (κ2) is 12.5. The van der Waals surface area contributed by atoms with E-state index < -0.39 is 0 Å². The third-order valence-corrected chi connectivity index (χ3v) is 6.66. The Balaban J connectivity index is 0.00000320. The van der Waals surface area contributed by atoms with Crippen molar-refractivity contribution in [2.45, 2.75) is 45.2 Å². The number of hydrogen-bond donors (Lipinski definition) is 2. The lowest BCUT2D eigenvalue weighted by atomic mass is 9.85. The molecule has 1 saturated carbocycles. The number of nitrogens with one attached hydrogen (secondary N) is 2. The lowest BCUT2D eigenvalue weighted by Gasteiger charge is -2.34. The summed E-state index contributed by atoms with van der Waals surface area (Å²) in [7, 11) is 1.95. The summed E-state index contributed by atoms with van der Waals surface area (Å²) in [5.74, 6) is 5.15. The number of hydrogen-bond acceptors (Lipinski definition) is 5. The summed E-state index contributed by atoms with van der Waals surface area (Å²) in [5.41, 5.74) is 0. The SMILES string of the molecule is C=CCNC(=NCc1nnc(C)n1C)NC1CCC(C(=O)N2CCSCC2)CC1.I. The summed E-state index contributed by atoms with van der Waals surface area (Å²) in [4.78, 5) is 19.5. The fourth-order valence-electron chi connectivity index (χ4n) is 3.78. The molecule has 0 spiro atoms. The fraction of sp³-hybridized carbons (Fsp3) is 0.700. The molecule has 30 heavy (non-hydrogen) atoms. The Hall–Kier alpha value is -1.30. The highest BCUT2D eigenvalue weighted by atomic mass is 127. The monoisotopic (exact) mass is 547 g/mol. The topological polar surface area (TPSA) is 87.4 Å². The summed E-state index contributed by atoms with van der Waals surface area (Å²) >= 11 is 1.94. The van der Waals surface area contributed by atoms with Crippen LogP contribution in [-0.2, 0) is 18.4 Å². The minimum absolute atomic E-state index is 0. The Morgan fingerprint density at radius 2 is 1.97 bits per heavy atom. The maximum atomic E-state index is 12.8. The molecular weight excluding hydrogens is 513 g/mol. The molecule has 0 aromatic carbocycles. The minimum atomic E-state index is 0. The molecule has 0 atom stereocenters. The van der Waals surface area contributed by atoms with Gasteiger partial charge in [-0.25, -0.2) is 4.99 Å². The van der Waals surface area contributed by atoms with Gasteiger partial charge < -0.3 is 20.1 Å². The highest BCUT2D eigenvalue weighted by molar-refractivity contribution is 14.0. The number of carbonyl (C=O) groups is 1. The van der Waals surface area contributed by atoms with Crippen LogP contribution < -0.4 is 10.6 Å². The number of nitrogens with zero attached hydrogens (tertiary/aromatic N) is 5. The molecule has 0 unspecified atom stereocenters. The van der Waals surface area contributed by atoms with Gasteiger partial charge in [0.2, 0.25) is 5.91 Å². The molecule has 8 nitrogen and oxygen atoms in total. The molecule has 2 aliphatic rings. The Kier molecular flexibility index (Phi) is 10.4. The molecule has 2 fully saturated rings. The van der Waals surface area contributed by atoms with Crippen LogP contribution in [0.5, 0.6) is 0 Å². The Bertz CT molecular complexity index is 725. The molecule has 3 rings (SSSR count). The number of amides is 1. The van der Waals surface area contributed by atoms with E-state index in [2.05, 4.69) is 37.3 Å². The molecule has 2 heterocycles. The summed E-state index contributed by atoms with van der Waals surface area (Å²) in [5, 5.41) is 15.1. The second-order valence-electron chi connectivity index (χ2n) is 7.69. The average molecular weight is 548 g/mol. The van der Waals surface area contributed by atoms with Crippen molar-refractivity contribution in [2.75, 3.05) is 31.1 Å². The van der Waals surface area contributed by atoms with Crippen LogP contribution in [0.4, 0.5) is 0 Å². The largest absolute Gasteiger partial charge is 0.354 e. The Morgan fingerprint density at radius 1 is 1.27 bits per heavy atom. The van der Waals surface area contributed by atoms with Gasteiger partial charge in [-0.05, 0) is 32.6 Å². The van der Waals surface area contributed by atoms with E-state index in [0.717, 1.165) is 67.9 Å². The third kappa shape index (κ3) is 6.86. The van der Waals surface area contributed by atoms with Crippen molar-refractivity contribution in [1.29, 1.82) is 0 Å². The molecule has 2 N–H and O–H groups in total. The van der Waals surface area contributed by atoms with Crippen molar-refractivity contribution in [1.82, 2.24) is 30.3 Å². The number of guanidine groups is 1. The van der Waals surface area contributed by atoms with Crippen LogP contribution in [0.3, 0.4) is 0 Å². The molecule has 1 aromatic rings. The molecule has 10 heteroatoms. The van der Waals surface area contributed by atoms with E-state index in [9.17, 15) is 4.79 Å². The van der Waals surface area contributed by atoms with E-state index in [1.54, 1.807) is 0 Å². The van der Waals surface area contributed by atoms with Crippen molar-refractivity contribution in [3.05, 3.63) is 24.3 Å². The normalized spacial score (nSPS) is 22.2. The van der Waals surface area contributed by atoms with Crippen molar-refractivity contribution >= 4 is 47.6 Å². The van der Waals surface area contributed by atoms with Gasteiger partial charge >= 0.3 is 0 Å². The Morgan fingerprint density at radius 3 is 2.57 bits per heavy atom. The molecule has 1 aliphatic heterocycles. The second-order valence-corrected chi connectivity index (χ2v) is 8.91. The molecule has 0 bridgehead atoms. The van der Waals surface area contributed by atoms with Crippen LogP contribution in [0.15, 0.2) is 17.6 Å². The summed E-state index contributed by atoms with van der Waals surface area (Å²) in [6.07, 6.45) is 5.67. The molecule has 0 radical (unpaired) electrons. The van der Waals surface area contributed by atoms with Crippen LogP contribution >= 0.6 is 35.7 Å². The zero-order chi connectivity index (χ0) is 20.6. The number of carbonyl (C=O) groups excluding carboxylic acids is 1. The van der Waals surface area contributed by atoms with Crippen LogP contribution in [0.1, 0.15) is 37.3 Å². The highest BCUT2D eigenvalue weighted by Crippen LogP contribution is 2.27. The molecule has 1 aromatic heterocycles. The lowest BCUT2D eigenvalue weighted by molar-refractivity contribution is -0.136. The third-order valence-electron chi connectivity index (χ3n) is 5.72. The van der Waals surface area contributed by atoms with E-state index in [0.29, 0.717) is 25.0 Å². The Labute approximate surface area is 200 Å². The lowest BCUT2D eigenvalue weighted by Crippen LogP contribution is -2.47. The summed E-state index contributed by atoms with van der Waals surface area (Å²) < 4.78 is 1.95. The number of rotatable bonds is 6. The van der Waals surface area contributed by atoms with Gasteiger partial charge in [0, 0.05) is 50.1 Å². The van der Waals surface area contributed by atoms with Gasteiger partial charge in [0.15, 0.2) is 11.8 Å². The van der Waals surface area contributed by atoms with Crippen molar-refractivity contribution in [3.63, 3.8) is 0 Å². The average Bonchev–Trinajstić information content (AvgIpc) is 3.08. The fourth-order valence-corrected chi connectivity index (χ4v) is 4.68. The van der Waals surface area contributed by atoms with E-state index in [-0.39, 0.29) is 29.9 Å². The van der Waals surface area contributed by atoms with E-state index in [1.807, 2.05) is 36.4 Å². The molecule has 1 amide bonds. The first-order chi connectivity index (χ1) is 14.1. The quantitative estimate of drug-likeness (QED) is 0.246. The van der Waals surface area contributed by atoms with Crippen LogP contribution in [0.2, 0.25) is 0 Å². The zero-order valence-electron chi connectivity index (χ0n) is 18.0. The highest BCUT2D eigenvalue weighted by Gasteiger charge is 2.30. The van der Waals surface area contributed by atoms with Gasteiger partial charge in [0.05, 0.1) is 0 Å². The smallest absolute Gasteiger partial charge is 0.225 e. The predicted molar refractivity (Wildman–Crippen MR) is 133 cm³/mol. The van der Waals surface area contributed by atoms with Crippen molar-refractivity contribution in [3.8, 4) is 0 Å². The van der Waals surface area contributed by atoms with Crippen molar-refractivity contribution in [2.24, 2.45) is 18.0 Å². The van der Waals surface area contributed by atoms with Gasteiger partial charge in [-0.15, -0.1) is 40.8 Å². The van der Waals surface area contributed by atoms with E-state index in [4.69, 9.17) is 0 Å². The van der Waals surface area contributed by atoms with Gasteiger partial charge in [0.1, 0.15) is 12.4 Å². The van der Waals surface area contributed by atoms with Gasteiger partial charge in [-0.2, -0.15) is 11.8 Å². The number of aliphatic imine (C=N–C) groups is 1. The van der Waals surface area contributed by atoms with E-state index in [1.165, 1.54) is 0 Å². The van der Waals surface area contributed by atoms with Crippen molar-refractivity contribution < 1.29 is 4.79 Å². The summed E-state index contributed by atoms with van der Waals surface area (Å²) in [6, 6.07) is 0.327. The first kappa shape index (κ1) is 25.0. The molecule has 168 valence electrons. The number of halogens is 1. The van der Waals surface area contributed by atoms with Crippen LogP contribution in [0.25, 0.3) is 0 Å².